The molecular weight excluding hydrogens is 328 g/mol. The van der Waals surface area contributed by atoms with E-state index in [-0.39, 0.29) is 18.0 Å². The van der Waals surface area contributed by atoms with Crippen LogP contribution in [-0.2, 0) is 0 Å². The minimum absolute atomic E-state index is 0.0945. The minimum atomic E-state index is -0.0966. The highest BCUT2D eigenvalue weighted by atomic mass is 16.5. The second kappa shape index (κ2) is 7.39. The molecule has 0 aliphatic carbocycles. The number of carbonyl (C=O) groups is 1. The Labute approximate surface area is 151 Å². The average molecular weight is 348 g/mol. The Morgan fingerprint density at radius 3 is 2.27 bits per heavy atom. The highest BCUT2D eigenvalue weighted by Crippen LogP contribution is 2.31. The molecule has 0 saturated carbocycles. The third-order valence-electron chi connectivity index (χ3n) is 4.82. The summed E-state index contributed by atoms with van der Waals surface area (Å²) < 4.78 is 4.79. The fourth-order valence-corrected chi connectivity index (χ4v) is 3.31. The van der Waals surface area contributed by atoms with Crippen molar-refractivity contribution in [1.29, 1.82) is 0 Å². The van der Waals surface area contributed by atoms with Gasteiger partial charge in [-0.1, -0.05) is 65.8 Å². The molecule has 2 amide bonds. The minimum Gasteiger partial charge on any atom is -0.343 e. The molecule has 0 radical (unpaired) electrons. The third kappa shape index (κ3) is 3.31. The van der Waals surface area contributed by atoms with E-state index in [1.807, 2.05) is 36.4 Å². The number of benzene rings is 2. The molecule has 4 rings (SSSR count). The molecule has 1 aliphatic heterocycles. The first-order valence-corrected chi connectivity index (χ1v) is 8.73. The lowest BCUT2D eigenvalue weighted by atomic mass is 9.91. The zero-order chi connectivity index (χ0) is 17.8. The number of urea groups is 1. The summed E-state index contributed by atoms with van der Waals surface area (Å²) >= 11 is 0. The normalized spacial score (nSPS) is 16.3. The maximum atomic E-state index is 12.6. The average Bonchev–Trinajstić information content (AvgIpc) is 3.16. The van der Waals surface area contributed by atoms with Crippen LogP contribution in [0.2, 0.25) is 0 Å². The molecule has 1 aromatic heterocycles. The van der Waals surface area contributed by atoms with Gasteiger partial charge in [0.05, 0.1) is 6.04 Å². The van der Waals surface area contributed by atoms with Crippen molar-refractivity contribution >= 4 is 6.03 Å². The van der Waals surface area contributed by atoms with Crippen LogP contribution in [-0.4, -0.2) is 34.2 Å². The van der Waals surface area contributed by atoms with E-state index in [9.17, 15) is 4.79 Å². The van der Waals surface area contributed by atoms with E-state index in [0.717, 1.165) is 6.42 Å². The van der Waals surface area contributed by atoms with Crippen LogP contribution in [0.5, 0.6) is 0 Å². The highest BCUT2D eigenvalue weighted by molar-refractivity contribution is 5.75. The molecule has 132 valence electrons. The number of hydrogen-bond donors (Lipinski definition) is 1. The van der Waals surface area contributed by atoms with Gasteiger partial charge < -0.3 is 14.7 Å². The number of amides is 2. The van der Waals surface area contributed by atoms with E-state index in [2.05, 4.69) is 39.7 Å². The van der Waals surface area contributed by atoms with E-state index in [1.165, 1.54) is 17.5 Å². The summed E-state index contributed by atoms with van der Waals surface area (Å²) in [4.78, 5) is 18.4. The molecule has 2 heterocycles. The topological polar surface area (TPSA) is 71.3 Å². The van der Waals surface area contributed by atoms with Crippen molar-refractivity contribution in [1.82, 2.24) is 20.4 Å². The fourth-order valence-electron chi connectivity index (χ4n) is 3.31. The van der Waals surface area contributed by atoms with E-state index in [1.54, 1.807) is 4.90 Å². The quantitative estimate of drug-likeness (QED) is 0.767. The molecule has 2 aromatic carbocycles. The van der Waals surface area contributed by atoms with Crippen LogP contribution in [0.15, 0.2) is 71.6 Å². The predicted octanol–water partition coefficient (Wildman–Crippen LogP) is 3.36. The maximum absolute atomic E-state index is 12.6. The number of nitrogens with zero attached hydrogens (tertiary/aromatic N) is 3. The van der Waals surface area contributed by atoms with E-state index >= 15 is 0 Å². The Kier molecular flexibility index (Phi) is 4.64. The Balaban J connectivity index is 1.46. The van der Waals surface area contributed by atoms with Crippen molar-refractivity contribution < 1.29 is 9.32 Å². The summed E-state index contributed by atoms with van der Waals surface area (Å²) in [6, 6.07) is 20.3. The molecule has 1 aliphatic rings. The van der Waals surface area contributed by atoms with Gasteiger partial charge in [-0.3, -0.25) is 0 Å². The smallest absolute Gasteiger partial charge is 0.318 e. The van der Waals surface area contributed by atoms with Crippen molar-refractivity contribution in [2.75, 3.05) is 13.1 Å². The lowest BCUT2D eigenvalue weighted by molar-refractivity contribution is 0.108. The molecule has 1 N–H and O–H groups in total. The SMILES string of the molecule is O=C(NCC(c1ccccc1)c1ccccc1)N1CCC1c1ncon1. The van der Waals surface area contributed by atoms with Crippen LogP contribution >= 0.6 is 0 Å². The van der Waals surface area contributed by atoms with E-state index in [0.29, 0.717) is 18.9 Å². The molecular formula is C20H20N4O2. The van der Waals surface area contributed by atoms with Gasteiger partial charge in [0.15, 0.2) is 5.82 Å². The van der Waals surface area contributed by atoms with Crippen molar-refractivity contribution in [3.8, 4) is 0 Å². The van der Waals surface area contributed by atoms with E-state index in [4.69, 9.17) is 4.52 Å². The number of aromatic nitrogens is 2. The van der Waals surface area contributed by atoms with Crippen LogP contribution in [0.4, 0.5) is 4.79 Å². The molecule has 6 heteroatoms. The fraction of sp³-hybridized carbons (Fsp3) is 0.250. The van der Waals surface area contributed by atoms with Gasteiger partial charge in [-0.25, -0.2) is 4.79 Å². The monoisotopic (exact) mass is 348 g/mol. The number of carbonyl (C=O) groups excluding carboxylic acids is 1. The molecule has 0 spiro atoms. The Morgan fingerprint density at radius 1 is 1.12 bits per heavy atom. The van der Waals surface area contributed by atoms with Gasteiger partial charge >= 0.3 is 6.03 Å². The second-order valence-electron chi connectivity index (χ2n) is 6.35. The van der Waals surface area contributed by atoms with Crippen LogP contribution in [0.1, 0.15) is 35.3 Å². The molecule has 1 saturated heterocycles. The third-order valence-corrected chi connectivity index (χ3v) is 4.82. The Morgan fingerprint density at radius 2 is 1.77 bits per heavy atom. The molecule has 1 fully saturated rings. The number of likely N-dealkylation sites (tertiary alicyclic amines) is 1. The molecule has 26 heavy (non-hydrogen) atoms. The van der Waals surface area contributed by atoms with Crippen molar-refractivity contribution in [3.63, 3.8) is 0 Å². The molecule has 1 unspecified atom stereocenters. The van der Waals surface area contributed by atoms with Gasteiger partial charge in [-0.2, -0.15) is 4.98 Å². The summed E-state index contributed by atoms with van der Waals surface area (Å²) in [7, 11) is 0. The summed E-state index contributed by atoms with van der Waals surface area (Å²) in [5.74, 6) is 0.667. The van der Waals surface area contributed by atoms with Gasteiger partial charge in [-0.05, 0) is 17.5 Å². The van der Waals surface area contributed by atoms with Crippen molar-refractivity contribution in [2.24, 2.45) is 0 Å². The van der Waals surface area contributed by atoms with Gasteiger partial charge in [0.1, 0.15) is 0 Å². The van der Waals surface area contributed by atoms with Gasteiger partial charge in [-0.15, -0.1) is 0 Å². The summed E-state index contributed by atoms with van der Waals surface area (Å²) in [6.07, 6.45) is 2.15. The van der Waals surface area contributed by atoms with Crippen LogP contribution in [0, 0.1) is 0 Å². The Bertz CT molecular complexity index is 797. The van der Waals surface area contributed by atoms with Crippen molar-refractivity contribution in [3.05, 3.63) is 84.0 Å². The van der Waals surface area contributed by atoms with Crippen LogP contribution in [0.25, 0.3) is 0 Å². The van der Waals surface area contributed by atoms with Gasteiger partial charge in [0.25, 0.3) is 0 Å². The summed E-state index contributed by atoms with van der Waals surface area (Å²) in [6.45, 7) is 1.23. The van der Waals surface area contributed by atoms with Crippen molar-refractivity contribution in [2.45, 2.75) is 18.4 Å². The molecule has 6 nitrogen and oxygen atoms in total. The molecule has 0 bridgehead atoms. The number of rotatable bonds is 5. The summed E-state index contributed by atoms with van der Waals surface area (Å²) in [5.41, 5.74) is 2.36. The molecule has 3 aromatic rings. The zero-order valence-corrected chi connectivity index (χ0v) is 14.3. The Hall–Kier alpha value is -3.15. The van der Waals surface area contributed by atoms with Crippen LogP contribution in [0.3, 0.4) is 0 Å². The second-order valence-corrected chi connectivity index (χ2v) is 6.35. The molecule has 1 atom stereocenters. The number of nitrogens with one attached hydrogen (secondary N) is 1. The summed E-state index contributed by atoms with van der Waals surface area (Å²) in [5, 5.41) is 6.93. The standard InChI is InChI=1S/C20H20N4O2/c25-20(24-12-11-18(24)19-22-14-26-23-19)21-13-17(15-7-3-1-4-8-15)16-9-5-2-6-10-16/h1-10,14,17-18H,11-13H2,(H,21,25). The number of hydrogen-bond acceptors (Lipinski definition) is 4. The first kappa shape index (κ1) is 16.3. The highest BCUT2D eigenvalue weighted by Gasteiger charge is 2.36. The lowest BCUT2D eigenvalue weighted by Gasteiger charge is -2.39. The predicted molar refractivity (Wildman–Crippen MR) is 96.5 cm³/mol. The lowest BCUT2D eigenvalue weighted by Crippen LogP contribution is -2.51. The maximum Gasteiger partial charge on any atom is 0.318 e. The largest absolute Gasteiger partial charge is 0.343 e. The van der Waals surface area contributed by atoms with Gasteiger partial charge in [0.2, 0.25) is 6.39 Å². The zero-order valence-electron chi connectivity index (χ0n) is 14.3. The first-order chi connectivity index (χ1) is 12.8. The first-order valence-electron chi connectivity index (χ1n) is 8.73. The van der Waals surface area contributed by atoms with Gasteiger partial charge in [0, 0.05) is 19.0 Å². The van der Waals surface area contributed by atoms with E-state index < -0.39 is 0 Å². The van der Waals surface area contributed by atoms with Crippen LogP contribution < -0.4 is 5.32 Å².